The van der Waals surface area contributed by atoms with Gasteiger partial charge < -0.3 is 10.4 Å². The van der Waals surface area contributed by atoms with E-state index in [1.165, 1.54) is 0 Å². The minimum absolute atomic E-state index is 0.250. The highest BCUT2D eigenvalue weighted by atomic mass is 35.5. The minimum atomic E-state index is 0.250. The predicted molar refractivity (Wildman–Crippen MR) is 67.8 cm³/mol. The van der Waals surface area contributed by atoms with Crippen LogP contribution in [-0.4, -0.2) is 23.2 Å². The van der Waals surface area contributed by atoms with Crippen molar-refractivity contribution in [3.05, 3.63) is 23.4 Å². The summed E-state index contributed by atoms with van der Waals surface area (Å²) < 4.78 is 0. The van der Waals surface area contributed by atoms with Crippen LogP contribution in [0.2, 0.25) is 5.02 Å². The summed E-state index contributed by atoms with van der Waals surface area (Å²) in [5, 5.41) is 12.8. The van der Waals surface area contributed by atoms with E-state index in [1.807, 2.05) is 12.1 Å². The number of aliphatic hydroxyl groups is 1. The first-order valence-electron chi connectivity index (χ1n) is 5.72. The molecule has 0 aliphatic rings. The average molecular weight is 243 g/mol. The van der Waals surface area contributed by atoms with Gasteiger partial charge in [-0.05, 0) is 30.9 Å². The van der Waals surface area contributed by atoms with Crippen molar-refractivity contribution in [2.45, 2.75) is 26.2 Å². The predicted octanol–water partition coefficient (Wildman–Crippen LogP) is 2.95. The maximum absolute atomic E-state index is 8.94. The topological polar surface area (TPSA) is 45.1 Å². The molecule has 16 heavy (non-hydrogen) atoms. The van der Waals surface area contributed by atoms with Gasteiger partial charge in [-0.1, -0.05) is 24.9 Å². The highest BCUT2D eigenvalue weighted by molar-refractivity contribution is 6.30. The van der Waals surface area contributed by atoms with Crippen molar-refractivity contribution in [2.24, 2.45) is 5.92 Å². The normalized spacial score (nSPS) is 12.4. The molecule has 0 spiro atoms. The Morgan fingerprint density at radius 1 is 1.44 bits per heavy atom. The fourth-order valence-electron chi connectivity index (χ4n) is 1.67. The molecule has 0 saturated carbocycles. The molecule has 2 N–H and O–H groups in total. The van der Waals surface area contributed by atoms with Gasteiger partial charge in [-0.2, -0.15) is 0 Å². The van der Waals surface area contributed by atoms with Gasteiger partial charge >= 0.3 is 0 Å². The van der Waals surface area contributed by atoms with Crippen molar-refractivity contribution < 1.29 is 5.11 Å². The van der Waals surface area contributed by atoms with Gasteiger partial charge in [0.05, 0.1) is 5.02 Å². The van der Waals surface area contributed by atoms with E-state index in [0.717, 1.165) is 31.6 Å². The number of hydrogen-bond acceptors (Lipinski definition) is 3. The molecule has 1 atom stereocenters. The second-order valence-electron chi connectivity index (χ2n) is 3.91. The number of hydrogen-bond donors (Lipinski definition) is 2. The van der Waals surface area contributed by atoms with E-state index < -0.39 is 0 Å². The van der Waals surface area contributed by atoms with E-state index in [1.54, 1.807) is 6.20 Å². The van der Waals surface area contributed by atoms with Gasteiger partial charge in [-0.3, -0.25) is 0 Å². The second kappa shape index (κ2) is 7.47. The Kier molecular flexibility index (Phi) is 6.19. The average Bonchev–Trinajstić information content (AvgIpc) is 2.29. The van der Waals surface area contributed by atoms with Crippen molar-refractivity contribution in [1.82, 2.24) is 4.98 Å². The van der Waals surface area contributed by atoms with Crippen molar-refractivity contribution >= 4 is 17.4 Å². The molecule has 0 aliphatic carbocycles. The first kappa shape index (κ1) is 13.3. The number of nitrogens with one attached hydrogen (secondary N) is 1. The molecule has 0 fully saturated rings. The molecule has 90 valence electrons. The molecule has 1 aromatic rings. The standard InChI is InChI=1S/C12H19ClN2O/c1-2-3-10(6-7-16)8-14-12-5-4-11(13)9-15-12/h4-5,9-10,16H,2-3,6-8H2,1H3,(H,14,15). The van der Waals surface area contributed by atoms with Crippen LogP contribution in [0.15, 0.2) is 18.3 Å². The van der Waals surface area contributed by atoms with Crippen molar-refractivity contribution in [1.29, 1.82) is 0 Å². The molecular formula is C12H19ClN2O. The maximum atomic E-state index is 8.94. The molecule has 1 heterocycles. The van der Waals surface area contributed by atoms with Crippen molar-refractivity contribution in [3.63, 3.8) is 0 Å². The Morgan fingerprint density at radius 2 is 2.25 bits per heavy atom. The zero-order valence-electron chi connectivity index (χ0n) is 9.62. The molecule has 0 amide bonds. The van der Waals surface area contributed by atoms with Crippen LogP contribution in [0.4, 0.5) is 5.82 Å². The largest absolute Gasteiger partial charge is 0.396 e. The van der Waals surface area contributed by atoms with E-state index in [4.69, 9.17) is 16.7 Å². The van der Waals surface area contributed by atoms with Gasteiger partial charge in [0.1, 0.15) is 5.82 Å². The Hall–Kier alpha value is -0.800. The molecule has 4 heteroatoms. The Bertz CT molecular complexity index is 284. The molecule has 1 rings (SSSR count). The maximum Gasteiger partial charge on any atom is 0.125 e. The summed E-state index contributed by atoms with van der Waals surface area (Å²) in [6.07, 6.45) is 4.74. The summed E-state index contributed by atoms with van der Waals surface area (Å²) >= 11 is 5.75. The molecule has 0 bridgehead atoms. The summed E-state index contributed by atoms with van der Waals surface area (Å²) in [5.41, 5.74) is 0. The first-order chi connectivity index (χ1) is 7.76. The second-order valence-corrected chi connectivity index (χ2v) is 4.35. The monoisotopic (exact) mass is 242 g/mol. The van der Waals surface area contributed by atoms with E-state index in [9.17, 15) is 0 Å². The third kappa shape index (κ3) is 4.81. The third-order valence-corrected chi connectivity index (χ3v) is 2.76. The molecular weight excluding hydrogens is 224 g/mol. The van der Waals surface area contributed by atoms with Crippen LogP contribution in [0.1, 0.15) is 26.2 Å². The summed E-state index contributed by atoms with van der Waals surface area (Å²) in [6, 6.07) is 3.68. The van der Waals surface area contributed by atoms with Crippen molar-refractivity contribution in [3.8, 4) is 0 Å². The zero-order valence-corrected chi connectivity index (χ0v) is 10.4. The molecule has 1 aromatic heterocycles. The number of nitrogens with zero attached hydrogens (tertiary/aromatic N) is 1. The number of anilines is 1. The number of halogens is 1. The quantitative estimate of drug-likeness (QED) is 0.773. The van der Waals surface area contributed by atoms with Crippen LogP contribution < -0.4 is 5.32 Å². The van der Waals surface area contributed by atoms with Gasteiger partial charge in [0.15, 0.2) is 0 Å². The SMILES string of the molecule is CCCC(CCO)CNc1ccc(Cl)cn1. The number of rotatable bonds is 7. The number of aliphatic hydroxyl groups excluding tert-OH is 1. The fourth-order valence-corrected chi connectivity index (χ4v) is 1.78. The molecule has 0 radical (unpaired) electrons. The van der Waals surface area contributed by atoms with Crippen LogP contribution in [0.3, 0.4) is 0 Å². The van der Waals surface area contributed by atoms with Gasteiger partial charge in [0, 0.05) is 19.3 Å². The fraction of sp³-hybridized carbons (Fsp3) is 0.583. The third-order valence-electron chi connectivity index (χ3n) is 2.53. The Morgan fingerprint density at radius 3 is 2.81 bits per heavy atom. The number of aromatic nitrogens is 1. The smallest absolute Gasteiger partial charge is 0.125 e. The molecule has 0 aliphatic heterocycles. The van der Waals surface area contributed by atoms with Crippen molar-refractivity contribution in [2.75, 3.05) is 18.5 Å². The van der Waals surface area contributed by atoms with E-state index >= 15 is 0 Å². The molecule has 0 saturated heterocycles. The van der Waals surface area contributed by atoms with E-state index in [0.29, 0.717) is 10.9 Å². The van der Waals surface area contributed by atoms with Crippen LogP contribution in [0.5, 0.6) is 0 Å². The molecule has 1 unspecified atom stereocenters. The lowest BCUT2D eigenvalue weighted by Crippen LogP contribution is -2.16. The lowest BCUT2D eigenvalue weighted by atomic mass is 10.0. The Labute approximate surface area is 102 Å². The van der Waals surface area contributed by atoms with Gasteiger partial charge in [-0.15, -0.1) is 0 Å². The lowest BCUT2D eigenvalue weighted by molar-refractivity contribution is 0.255. The van der Waals surface area contributed by atoms with E-state index in [2.05, 4.69) is 17.2 Å². The zero-order chi connectivity index (χ0) is 11.8. The number of pyridine rings is 1. The lowest BCUT2D eigenvalue weighted by Gasteiger charge is -2.15. The highest BCUT2D eigenvalue weighted by Crippen LogP contribution is 2.13. The van der Waals surface area contributed by atoms with Crippen LogP contribution in [0, 0.1) is 5.92 Å². The summed E-state index contributed by atoms with van der Waals surface area (Å²) in [4.78, 5) is 4.16. The summed E-state index contributed by atoms with van der Waals surface area (Å²) in [5.74, 6) is 1.34. The minimum Gasteiger partial charge on any atom is -0.396 e. The highest BCUT2D eigenvalue weighted by Gasteiger charge is 2.06. The molecule has 0 aromatic carbocycles. The van der Waals surface area contributed by atoms with Crippen LogP contribution in [-0.2, 0) is 0 Å². The first-order valence-corrected chi connectivity index (χ1v) is 6.10. The van der Waals surface area contributed by atoms with Gasteiger partial charge in [0.2, 0.25) is 0 Å². The van der Waals surface area contributed by atoms with E-state index in [-0.39, 0.29) is 6.61 Å². The summed E-state index contributed by atoms with van der Waals surface area (Å²) in [6.45, 7) is 3.26. The van der Waals surface area contributed by atoms with Crippen LogP contribution in [0.25, 0.3) is 0 Å². The van der Waals surface area contributed by atoms with Gasteiger partial charge in [0.25, 0.3) is 0 Å². The van der Waals surface area contributed by atoms with Gasteiger partial charge in [-0.25, -0.2) is 4.98 Å². The Balaban J connectivity index is 2.38. The van der Waals surface area contributed by atoms with Crippen LogP contribution >= 0.6 is 11.6 Å². The molecule has 3 nitrogen and oxygen atoms in total. The summed E-state index contributed by atoms with van der Waals surface area (Å²) in [7, 11) is 0.